The fourth-order valence-corrected chi connectivity index (χ4v) is 20.9. The van der Waals surface area contributed by atoms with E-state index in [1.165, 1.54) is 146 Å². The summed E-state index contributed by atoms with van der Waals surface area (Å²) >= 11 is 5.60. The van der Waals surface area contributed by atoms with Crippen LogP contribution in [0.1, 0.15) is 268 Å². The molecule has 548 valence electrons. The summed E-state index contributed by atoms with van der Waals surface area (Å²) in [6.07, 6.45) is 18.6. The molecule has 0 saturated carbocycles. The van der Waals surface area contributed by atoms with Crippen LogP contribution in [-0.2, 0) is 19.3 Å². The molecule has 5 heterocycles. The molecule has 0 spiro atoms. The Hall–Kier alpha value is -9.82. The minimum Gasteiger partial charge on any atom is -0.268 e. The quantitative estimate of drug-likeness (QED) is 0.0210. The van der Waals surface area contributed by atoms with Crippen LogP contribution in [-0.4, -0.2) is 23.6 Å². The van der Waals surface area contributed by atoms with Gasteiger partial charge < -0.3 is 0 Å². The first kappa shape index (κ1) is 73.3. The maximum absolute atomic E-state index is 14.7. The van der Waals surface area contributed by atoms with E-state index in [0.717, 1.165) is 127 Å². The van der Waals surface area contributed by atoms with Crippen molar-refractivity contribution in [3.63, 3.8) is 0 Å². The van der Waals surface area contributed by atoms with Gasteiger partial charge in [-0.05, 0) is 241 Å². The predicted octanol–water partition coefficient (Wildman–Crippen LogP) is 28.9. The zero-order valence-corrected chi connectivity index (χ0v) is 67.4. The van der Waals surface area contributed by atoms with Gasteiger partial charge >= 0.3 is 0 Å². The number of carbonyl (C=O) groups is 4. The molecular weight excluding hydrogens is 1390 g/mol. The Morgan fingerprint density at radius 3 is 1.17 bits per heavy atom. The van der Waals surface area contributed by atoms with Crippen molar-refractivity contribution in [2.45, 2.75) is 196 Å². The van der Waals surface area contributed by atoms with E-state index >= 15 is 0 Å². The molecule has 0 atom stereocenters. The van der Waals surface area contributed by atoms with E-state index in [0.29, 0.717) is 22.3 Å². The van der Waals surface area contributed by atoms with E-state index in [1.807, 2.05) is 65.1 Å². The van der Waals surface area contributed by atoms with Crippen LogP contribution in [0.2, 0.25) is 0 Å². The smallest absolute Gasteiger partial charge is 0.266 e. The number of thiophene rings is 3. The number of unbranched alkanes of at least 4 members (excludes halogenated alkanes) is 9. The van der Waals surface area contributed by atoms with E-state index in [-0.39, 0.29) is 47.3 Å². The van der Waals surface area contributed by atoms with Crippen LogP contribution in [0.4, 0.5) is 11.4 Å². The van der Waals surface area contributed by atoms with Crippen LogP contribution in [0.3, 0.4) is 0 Å². The summed E-state index contributed by atoms with van der Waals surface area (Å²) < 4.78 is 0. The van der Waals surface area contributed by atoms with Crippen LogP contribution >= 0.6 is 34.0 Å². The van der Waals surface area contributed by atoms with Gasteiger partial charge in [0.25, 0.3) is 23.6 Å². The molecule has 0 fully saturated rings. The molecule has 4 amide bonds. The third kappa shape index (κ3) is 12.9. The first-order chi connectivity index (χ1) is 53.0. The standard InChI is InChI=1S/C54H55NO2S2.C46H41NO2S/c1-7-9-11-13-17-34-29-47(58-31-34)52-35(18-14-12-10-8-2)30-46(59-52)38-23-24-41-43-26-28-45-50-44(27-25-42(49(43)50)40-22-16-21-39(38)48(40)41)53(56)55(54(45)57)51-36(32(3)4)19-15-20-37(51)33(5)6;1-6-7-8-9-12-29-25-31(50-26-29)19-17-30-18-20-36-38-22-24-40-43-39(23-21-37(42(38)43)35-16-11-15-34(30)41(35)36)45(48)47(46(40)49)44-32(27(2)3)13-10-14-33(44)28(4)5/h15-16,19-33H,7-14,17-18H2,1-6H3;10-11,13-16,18,20-28H,6-9,12H2,1-5H3. The molecule has 15 aromatic rings. The van der Waals surface area contributed by atoms with Gasteiger partial charge in [-0.1, -0.05) is 261 Å². The second kappa shape index (κ2) is 30.6. The lowest BCUT2D eigenvalue weighted by molar-refractivity contribution is 0.0877. The molecule has 3 aromatic heterocycles. The van der Waals surface area contributed by atoms with Crippen LogP contribution in [0.5, 0.6) is 0 Å². The van der Waals surface area contributed by atoms with Crippen LogP contribution in [0, 0.1) is 11.8 Å². The molecule has 12 aromatic carbocycles. The normalized spacial score (nSPS) is 13.2. The zero-order valence-electron chi connectivity index (χ0n) is 64.9. The SMILES string of the molecule is CCCCCCc1csc(-c2sc(-c3ccc4c5ccc6c7c(ccc(c8cccc3c84)c75)C(=O)N(c3c(C(C)C)cccc3C(C)C)C6=O)cc2CCCCCC)c1.CCCCCCc1csc(C#Cc2ccc3c4ccc5c6c(ccc(c7cccc2c73)c64)C(=O)N(c2c(C(C)C)cccc2C(C)C)C5=O)c1. The molecule has 6 nitrogen and oxygen atoms in total. The maximum atomic E-state index is 14.7. The van der Waals surface area contributed by atoms with Gasteiger partial charge in [-0.15, -0.1) is 34.0 Å². The Kier molecular flexibility index (Phi) is 20.6. The number of fused-ring (bicyclic) bond motifs is 4. The highest BCUT2D eigenvalue weighted by atomic mass is 32.1. The number of nitrogens with zero attached hydrogens (tertiary/aromatic N) is 2. The number of benzene rings is 12. The summed E-state index contributed by atoms with van der Waals surface area (Å²) in [6.45, 7) is 23.8. The van der Waals surface area contributed by atoms with E-state index in [9.17, 15) is 19.2 Å². The largest absolute Gasteiger partial charge is 0.268 e. The lowest BCUT2D eigenvalue weighted by Crippen LogP contribution is -2.41. The highest BCUT2D eigenvalue weighted by molar-refractivity contribution is 7.23. The van der Waals surface area contributed by atoms with Crippen molar-refractivity contribution < 1.29 is 19.2 Å². The number of carbonyl (C=O) groups excluding carboxylic acids is 4. The van der Waals surface area contributed by atoms with Crippen molar-refractivity contribution in [2.24, 2.45) is 0 Å². The Labute approximate surface area is 653 Å². The molecular formula is C100H96N2O4S3. The molecule has 2 aliphatic heterocycles. The number of anilines is 2. The molecule has 0 aliphatic carbocycles. The molecule has 9 heteroatoms. The third-order valence-corrected chi connectivity index (χ3v) is 26.6. The van der Waals surface area contributed by atoms with E-state index in [1.54, 1.807) is 11.3 Å². The van der Waals surface area contributed by atoms with Crippen LogP contribution in [0.15, 0.2) is 175 Å². The number of para-hydroxylation sites is 2. The molecule has 2 aliphatic rings. The maximum Gasteiger partial charge on any atom is 0.266 e. The average molecular weight is 1490 g/mol. The third-order valence-electron chi connectivity index (χ3n) is 23.3. The molecule has 0 radical (unpaired) electrons. The summed E-state index contributed by atoms with van der Waals surface area (Å²) in [5.41, 5.74) is 14.5. The first-order valence-corrected chi connectivity index (χ1v) is 42.7. The molecule has 0 bridgehead atoms. The Balaban J connectivity index is 0.000000168. The number of aryl methyl sites for hydroxylation is 3. The van der Waals surface area contributed by atoms with Crippen molar-refractivity contribution in [3.05, 3.63) is 246 Å². The van der Waals surface area contributed by atoms with Crippen molar-refractivity contribution in [1.82, 2.24) is 0 Å². The zero-order chi connectivity index (χ0) is 75.6. The Morgan fingerprint density at radius 2 is 0.706 bits per heavy atom. The summed E-state index contributed by atoms with van der Waals surface area (Å²) in [6, 6.07) is 57.8. The van der Waals surface area contributed by atoms with Crippen molar-refractivity contribution >= 4 is 155 Å². The van der Waals surface area contributed by atoms with E-state index in [4.69, 9.17) is 0 Å². The monoisotopic (exact) mass is 1480 g/mol. The fraction of sp³-hybridized carbons (Fsp3) is 0.300. The summed E-state index contributed by atoms with van der Waals surface area (Å²) in [7, 11) is 0. The lowest BCUT2D eigenvalue weighted by atomic mass is 9.83. The van der Waals surface area contributed by atoms with Gasteiger partial charge in [-0.25, -0.2) is 9.80 Å². The van der Waals surface area contributed by atoms with Crippen molar-refractivity contribution in [2.75, 3.05) is 9.80 Å². The predicted molar refractivity (Wildman–Crippen MR) is 467 cm³/mol. The summed E-state index contributed by atoms with van der Waals surface area (Å²) in [4.78, 5) is 66.7. The van der Waals surface area contributed by atoms with Gasteiger partial charge in [-0.3, -0.25) is 19.2 Å². The van der Waals surface area contributed by atoms with Gasteiger partial charge in [0.1, 0.15) is 0 Å². The van der Waals surface area contributed by atoms with Crippen molar-refractivity contribution in [3.8, 4) is 32.0 Å². The molecule has 0 unspecified atom stereocenters. The minimum atomic E-state index is -0.256. The minimum absolute atomic E-state index is 0.148. The molecule has 0 saturated heterocycles. The summed E-state index contributed by atoms with van der Waals surface area (Å²) in [5, 5.41) is 21.8. The highest BCUT2D eigenvalue weighted by Gasteiger charge is 2.40. The van der Waals surface area contributed by atoms with Crippen LogP contribution in [0.25, 0.3) is 106 Å². The van der Waals surface area contributed by atoms with Gasteiger partial charge in [0.15, 0.2) is 0 Å². The average Bonchev–Trinajstić information content (AvgIpc) is 0.797. The second-order valence-electron chi connectivity index (χ2n) is 31.8. The number of rotatable bonds is 23. The highest BCUT2D eigenvalue weighted by Crippen LogP contribution is 2.52. The van der Waals surface area contributed by atoms with Crippen molar-refractivity contribution in [1.29, 1.82) is 0 Å². The van der Waals surface area contributed by atoms with Gasteiger partial charge in [0, 0.05) is 53.2 Å². The van der Waals surface area contributed by atoms with Gasteiger partial charge in [0.05, 0.1) is 16.3 Å². The van der Waals surface area contributed by atoms with Gasteiger partial charge in [-0.2, -0.15) is 0 Å². The Morgan fingerprint density at radius 1 is 0.330 bits per heavy atom. The fourth-order valence-electron chi connectivity index (χ4n) is 17.8. The lowest BCUT2D eigenvalue weighted by Gasteiger charge is -2.32. The molecule has 109 heavy (non-hydrogen) atoms. The number of hydrogen-bond donors (Lipinski definition) is 0. The Bertz CT molecular complexity index is 5960. The topological polar surface area (TPSA) is 74.8 Å². The number of imide groups is 2. The second-order valence-corrected chi connectivity index (χ2v) is 34.7. The molecule has 0 N–H and O–H groups in total. The van der Waals surface area contributed by atoms with Crippen LogP contribution < -0.4 is 9.80 Å². The van der Waals surface area contributed by atoms with E-state index < -0.39 is 0 Å². The first-order valence-electron chi connectivity index (χ1n) is 40.2. The van der Waals surface area contributed by atoms with Gasteiger partial charge in [0.2, 0.25) is 0 Å². The van der Waals surface area contributed by atoms with E-state index in [2.05, 4.69) is 220 Å². The number of amides is 4. The summed E-state index contributed by atoms with van der Waals surface area (Å²) in [5.74, 6) is 6.56. The number of hydrogen-bond acceptors (Lipinski definition) is 7. The molecule has 17 rings (SSSR count).